The van der Waals surface area contributed by atoms with Crippen LogP contribution >= 0.6 is 0 Å². The molecule has 0 unspecified atom stereocenters. The van der Waals surface area contributed by atoms with Crippen LogP contribution in [0.25, 0.3) is 0 Å². The third-order valence-corrected chi connectivity index (χ3v) is 1.85. The Morgan fingerprint density at radius 3 is 1.89 bits per heavy atom. The number of rotatable bonds is 4. The largest absolute Gasteiger partial charge is 0.216 e. The van der Waals surface area contributed by atoms with Gasteiger partial charge in [0.05, 0.1) is 0 Å². The fourth-order valence-corrected chi connectivity index (χ4v) is 1.28. The van der Waals surface area contributed by atoms with E-state index in [0.717, 1.165) is 12.8 Å². The molecule has 0 amide bonds. The van der Waals surface area contributed by atoms with Crippen LogP contribution in [0.3, 0.4) is 0 Å². The van der Waals surface area contributed by atoms with Crippen molar-refractivity contribution in [1.82, 2.24) is 4.72 Å². The summed E-state index contributed by atoms with van der Waals surface area (Å²) >= 11 is 0. The first kappa shape index (κ1) is 8.91. The van der Waals surface area contributed by atoms with Gasteiger partial charge in [0.15, 0.2) is 0 Å². The van der Waals surface area contributed by atoms with Gasteiger partial charge in [-0.25, -0.2) is 13.1 Å². The fourth-order valence-electron chi connectivity index (χ4n) is 0.620. The van der Waals surface area contributed by atoms with Gasteiger partial charge in [-0.1, -0.05) is 13.8 Å². The molecule has 0 aromatic carbocycles. The summed E-state index contributed by atoms with van der Waals surface area (Å²) in [7, 11) is -2.40. The van der Waals surface area contributed by atoms with Gasteiger partial charge in [-0.2, -0.15) is 0 Å². The van der Waals surface area contributed by atoms with Crippen molar-refractivity contribution in [3.63, 3.8) is 0 Å². The average Bonchev–Trinajstić information content (AvgIpc) is 1.82. The minimum atomic E-state index is -2.40. The van der Waals surface area contributed by atoms with Crippen LogP contribution in [0.15, 0.2) is 0 Å². The molecule has 0 aliphatic carbocycles. The van der Waals surface area contributed by atoms with E-state index in [-0.39, 0.29) is 6.04 Å². The predicted molar refractivity (Wildman–Crippen MR) is 37.8 cm³/mol. The zero-order valence-electron chi connectivity index (χ0n) is 5.76. The Morgan fingerprint density at radius 2 is 1.78 bits per heavy atom. The number of thiol groups is 1. The topological polar surface area (TPSA) is 46.2 Å². The Bertz CT molecular complexity index is 121. The van der Waals surface area contributed by atoms with E-state index in [9.17, 15) is 8.42 Å². The molecule has 0 aromatic rings. The Balaban J connectivity index is 3.55. The highest BCUT2D eigenvalue weighted by Crippen LogP contribution is 1.94. The maximum atomic E-state index is 10.1. The van der Waals surface area contributed by atoms with Gasteiger partial charge in [0, 0.05) is 6.04 Å². The second kappa shape index (κ2) is 4.76. The van der Waals surface area contributed by atoms with E-state index in [1.807, 2.05) is 13.8 Å². The molecule has 3 nitrogen and oxygen atoms in total. The highest BCUT2D eigenvalue weighted by molar-refractivity contribution is 7.70. The summed E-state index contributed by atoms with van der Waals surface area (Å²) in [6.45, 7) is 3.92. The normalized spacial score (nSPS) is 11.1. The minimum Gasteiger partial charge on any atom is -0.216 e. The first-order chi connectivity index (χ1) is 4.20. The summed E-state index contributed by atoms with van der Waals surface area (Å²) in [6.07, 6.45) is 1.72. The summed E-state index contributed by atoms with van der Waals surface area (Å²) in [5.74, 6) is 0. The van der Waals surface area contributed by atoms with Crippen LogP contribution in [-0.2, 0) is 10.9 Å². The Hall–Kier alpha value is -0.0900. The van der Waals surface area contributed by atoms with E-state index < -0.39 is 10.9 Å². The Morgan fingerprint density at radius 1 is 1.33 bits per heavy atom. The van der Waals surface area contributed by atoms with E-state index in [1.165, 1.54) is 0 Å². The van der Waals surface area contributed by atoms with Gasteiger partial charge >= 0.3 is 0 Å². The number of hydrogen-bond donors (Lipinski definition) is 2. The lowest BCUT2D eigenvalue weighted by Gasteiger charge is -2.07. The molecule has 0 atom stereocenters. The first-order valence-electron chi connectivity index (χ1n) is 3.11. The van der Waals surface area contributed by atoms with Crippen LogP contribution in [0.2, 0.25) is 0 Å². The van der Waals surface area contributed by atoms with Crippen molar-refractivity contribution in [1.29, 1.82) is 0 Å². The van der Waals surface area contributed by atoms with Crippen molar-refractivity contribution in [3.8, 4) is 0 Å². The second-order valence-electron chi connectivity index (χ2n) is 1.90. The molecule has 0 saturated carbocycles. The molecule has 0 aromatic heterocycles. The highest BCUT2D eigenvalue weighted by Gasteiger charge is 2.00. The standard InChI is InChI=1S/C5H13NO2S/c1-3-5(4-2)6-9(7)8/h5,9H,3-4H2,1-2H3,(H,6,7,8). The van der Waals surface area contributed by atoms with Crippen LogP contribution in [0.4, 0.5) is 0 Å². The van der Waals surface area contributed by atoms with Crippen molar-refractivity contribution in [3.05, 3.63) is 0 Å². The molecule has 4 heteroatoms. The van der Waals surface area contributed by atoms with Crippen LogP contribution in [0.5, 0.6) is 0 Å². The maximum Gasteiger partial charge on any atom is 0.201 e. The molecule has 0 rings (SSSR count). The lowest BCUT2D eigenvalue weighted by atomic mass is 10.2. The van der Waals surface area contributed by atoms with Gasteiger partial charge in [0.1, 0.15) is 0 Å². The average molecular weight is 151 g/mol. The summed E-state index contributed by atoms with van der Waals surface area (Å²) in [5.41, 5.74) is 0. The second-order valence-corrected chi connectivity index (χ2v) is 2.67. The van der Waals surface area contributed by atoms with Crippen molar-refractivity contribution in [2.24, 2.45) is 0 Å². The molecular weight excluding hydrogens is 138 g/mol. The van der Waals surface area contributed by atoms with Gasteiger partial charge in [-0.05, 0) is 12.8 Å². The zero-order valence-corrected chi connectivity index (χ0v) is 6.65. The minimum absolute atomic E-state index is 0.131. The summed E-state index contributed by atoms with van der Waals surface area (Å²) in [5, 5.41) is 0. The lowest BCUT2D eigenvalue weighted by molar-refractivity contribution is 0.545. The van der Waals surface area contributed by atoms with Gasteiger partial charge in [0.2, 0.25) is 10.9 Å². The van der Waals surface area contributed by atoms with Gasteiger partial charge in [0.25, 0.3) is 0 Å². The number of nitrogens with one attached hydrogen (secondary N) is 1. The Kier molecular flexibility index (Phi) is 4.71. The van der Waals surface area contributed by atoms with Crippen LogP contribution in [0, 0.1) is 0 Å². The van der Waals surface area contributed by atoms with E-state index in [4.69, 9.17) is 0 Å². The van der Waals surface area contributed by atoms with Crippen LogP contribution in [-0.4, -0.2) is 14.5 Å². The van der Waals surface area contributed by atoms with Crippen LogP contribution < -0.4 is 4.72 Å². The van der Waals surface area contributed by atoms with Gasteiger partial charge in [-0.15, -0.1) is 0 Å². The van der Waals surface area contributed by atoms with E-state index >= 15 is 0 Å². The molecule has 56 valence electrons. The molecule has 0 bridgehead atoms. The highest BCUT2D eigenvalue weighted by atomic mass is 32.2. The van der Waals surface area contributed by atoms with Crippen molar-refractivity contribution >= 4 is 10.9 Å². The third-order valence-electron chi connectivity index (χ3n) is 1.27. The summed E-state index contributed by atoms with van der Waals surface area (Å²) in [4.78, 5) is 0. The van der Waals surface area contributed by atoms with E-state index in [0.29, 0.717) is 0 Å². The SMILES string of the molecule is CCC(CC)N[SH](=O)=O. The molecule has 1 N–H and O–H groups in total. The molecule has 0 fully saturated rings. The lowest BCUT2D eigenvalue weighted by Crippen LogP contribution is -2.25. The molecule has 0 aliphatic rings. The quantitative estimate of drug-likeness (QED) is 0.567. The Labute approximate surface area is 57.5 Å². The van der Waals surface area contributed by atoms with Gasteiger partial charge in [-0.3, -0.25) is 0 Å². The fraction of sp³-hybridized carbons (Fsp3) is 1.00. The molecule has 0 radical (unpaired) electrons. The molecule has 0 spiro atoms. The van der Waals surface area contributed by atoms with Crippen molar-refractivity contribution in [2.45, 2.75) is 32.7 Å². The molecule has 0 aliphatic heterocycles. The van der Waals surface area contributed by atoms with E-state index in [2.05, 4.69) is 4.72 Å². The van der Waals surface area contributed by atoms with E-state index in [1.54, 1.807) is 0 Å². The monoisotopic (exact) mass is 151 g/mol. The van der Waals surface area contributed by atoms with Gasteiger partial charge < -0.3 is 0 Å². The third kappa shape index (κ3) is 4.42. The summed E-state index contributed by atoms with van der Waals surface area (Å²) in [6, 6.07) is 0.131. The zero-order chi connectivity index (χ0) is 7.28. The first-order valence-corrected chi connectivity index (χ1v) is 4.29. The molecule has 9 heavy (non-hydrogen) atoms. The van der Waals surface area contributed by atoms with Crippen molar-refractivity contribution < 1.29 is 8.42 Å². The summed E-state index contributed by atoms with van der Waals surface area (Å²) < 4.78 is 22.5. The molecule has 0 saturated heterocycles. The molecular formula is C5H13NO2S. The molecule has 0 heterocycles. The predicted octanol–water partition coefficient (Wildman–Crippen LogP) is 0.291. The van der Waals surface area contributed by atoms with Crippen LogP contribution in [0.1, 0.15) is 26.7 Å². The van der Waals surface area contributed by atoms with Crippen molar-refractivity contribution in [2.75, 3.05) is 0 Å². The maximum absolute atomic E-state index is 10.1. The smallest absolute Gasteiger partial charge is 0.201 e. The number of hydrogen-bond acceptors (Lipinski definition) is 2.